The fraction of sp³-hybridized carbons (Fsp3) is 0.385. The second-order valence-corrected chi connectivity index (χ2v) is 8.29. The van der Waals surface area contributed by atoms with E-state index in [1.54, 1.807) is 18.7 Å². The van der Waals surface area contributed by atoms with Crippen molar-refractivity contribution >= 4 is 5.97 Å². The van der Waals surface area contributed by atoms with Crippen LogP contribution in [-0.4, -0.2) is 40.8 Å². The first kappa shape index (κ1) is 23.3. The lowest BCUT2D eigenvalue weighted by molar-refractivity contribution is 0.0507. The van der Waals surface area contributed by atoms with E-state index in [4.69, 9.17) is 19.5 Å². The zero-order valence-electron chi connectivity index (χ0n) is 19.4. The number of carbonyl (C=O) groups excluding carboxylic acids is 1. The van der Waals surface area contributed by atoms with Gasteiger partial charge in [0.2, 0.25) is 11.6 Å². The van der Waals surface area contributed by atoms with E-state index >= 15 is 0 Å². The molecule has 2 aromatic carbocycles. The lowest BCUT2D eigenvalue weighted by Crippen LogP contribution is -2.25. The molecule has 0 N–H and O–H groups in total. The summed E-state index contributed by atoms with van der Waals surface area (Å²) in [5.41, 5.74) is 3.00. The first-order valence-electron chi connectivity index (χ1n) is 11.5. The van der Waals surface area contributed by atoms with Gasteiger partial charge in [0.05, 0.1) is 31.9 Å². The number of nitriles is 1. The van der Waals surface area contributed by atoms with Crippen molar-refractivity contribution in [1.29, 1.82) is 5.26 Å². The zero-order chi connectivity index (χ0) is 23.9. The van der Waals surface area contributed by atoms with Crippen molar-refractivity contribution in [2.24, 2.45) is 0 Å². The third-order valence-corrected chi connectivity index (χ3v) is 6.11. The van der Waals surface area contributed by atoms with Crippen LogP contribution in [0, 0.1) is 11.3 Å². The zero-order valence-corrected chi connectivity index (χ0v) is 19.4. The number of nitrogens with zero attached hydrogens (tertiary/aromatic N) is 4. The number of hydrogen-bond acceptors (Lipinski definition) is 7. The van der Waals surface area contributed by atoms with Gasteiger partial charge in [0.15, 0.2) is 0 Å². The fourth-order valence-electron chi connectivity index (χ4n) is 4.26. The molecule has 1 fully saturated rings. The molecule has 0 aliphatic heterocycles. The Morgan fingerprint density at radius 1 is 1.09 bits per heavy atom. The van der Waals surface area contributed by atoms with E-state index in [-0.39, 0.29) is 18.4 Å². The summed E-state index contributed by atoms with van der Waals surface area (Å²) in [6.07, 6.45) is 3.58. The molecule has 176 valence electrons. The predicted octanol–water partition coefficient (Wildman–Crippen LogP) is 4.49. The molecule has 1 saturated carbocycles. The largest absolute Gasteiger partial charge is 0.497 e. The Morgan fingerprint density at radius 2 is 1.79 bits per heavy atom. The summed E-state index contributed by atoms with van der Waals surface area (Å²) in [5.74, 6) is 1.00. The fourth-order valence-corrected chi connectivity index (χ4v) is 4.26. The van der Waals surface area contributed by atoms with Crippen LogP contribution in [-0.2, 0) is 11.3 Å². The molecule has 1 aliphatic rings. The Bertz CT molecular complexity index is 1140. The number of aromatic nitrogens is 3. The summed E-state index contributed by atoms with van der Waals surface area (Å²) in [4.78, 5) is 12.5. The molecule has 0 amide bonds. The maximum Gasteiger partial charge on any atom is 0.364 e. The van der Waals surface area contributed by atoms with E-state index in [1.165, 1.54) is 5.56 Å². The molecule has 1 heterocycles. The number of rotatable bonds is 8. The molecule has 1 aliphatic carbocycles. The van der Waals surface area contributed by atoms with Crippen molar-refractivity contribution in [3.8, 4) is 17.7 Å². The smallest absolute Gasteiger partial charge is 0.364 e. The van der Waals surface area contributed by atoms with Gasteiger partial charge in [0, 0.05) is 0 Å². The van der Waals surface area contributed by atoms with Crippen LogP contribution in [0.4, 0.5) is 0 Å². The average Bonchev–Trinajstić information content (AvgIpc) is 3.27. The van der Waals surface area contributed by atoms with Gasteiger partial charge in [-0.25, -0.2) is 9.48 Å². The van der Waals surface area contributed by atoms with Gasteiger partial charge in [0.25, 0.3) is 0 Å². The molecule has 0 saturated heterocycles. The molecule has 34 heavy (non-hydrogen) atoms. The van der Waals surface area contributed by atoms with Crippen LogP contribution >= 0.6 is 0 Å². The lowest BCUT2D eigenvalue weighted by atomic mass is 9.82. The van der Waals surface area contributed by atoms with Crippen LogP contribution in [0.5, 0.6) is 11.6 Å². The second-order valence-electron chi connectivity index (χ2n) is 8.29. The van der Waals surface area contributed by atoms with Crippen LogP contribution in [0.15, 0.2) is 48.5 Å². The van der Waals surface area contributed by atoms with Gasteiger partial charge in [-0.3, -0.25) is 0 Å². The molecule has 0 bridgehead atoms. The van der Waals surface area contributed by atoms with Gasteiger partial charge < -0.3 is 14.2 Å². The predicted molar refractivity (Wildman–Crippen MR) is 125 cm³/mol. The van der Waals surface area contributed by atoms with E-state index in [1.807, 2.05) is 48.5 Å². The van der Waals surface area contributed by atoms with Crippen LogP contribution in [0.2, 0.25) is 0 Å². The highest BCUT2D eigenvalue weighted by atomic mass is 16.5. The summed E-state index contributed by atoms with van der Waals surface area (Å²) in [6, 6.07) is 17.6. The first-order chi connectivity index (χ1) is 16.6. The molecular weight excluding hydrogens is 432 g/mol. The van der Waals surface area contributed by atoms with E-state index in [0.717, 1.165) is 37.0 Å². The van der Waals surface area contributed by atoms with E-state index in [2.05, 4.69) is 16.4 Å². The minimum atomic E-state index is -0.537. The number of methoxy groups -OCH3 is 1. The Labute approximate surface area is 199 Å². The topological polar surface area (TPSA) is 99.3 Å². The van der Waals surface area contributed by atoms with Gasteiger partial charge in [-0.2, -0.15) is 5.26 Å². The highest BCUT2D eigenvalue weighted by Crippen LogP contribution is 2.35. The Morgan fingerprint density at radius 3 is 2.41 bits per heavy atom. The Hall–Kier alpha value is -3.86. The monoisotopic (exact) mass is 460 g/mol. The lowest BCUT2D eigenvalue weighted by Gasteiger charge is -2.29. The second kappa shape index (κ2) is 10.8. The van der Waals surface area contributed by atoms with Gasteiger partial charge >= 0.3 is 5.97 Å². The number of hydrogen-bond donors (Lipinski definition) is 0. The van der Waals surface area contributed by atoms with Crippen molar-refractivity contribution in [2.75, 3.05) is 13.7 Å². The minimum Gasteiger partial charge on any atom is -0.497 e. The number of ether oxygens (including phenoxy) is 3. The molecule has 0 atom stereocenters. The first-order valence-corrected chi connectivity index (χ1v) is 11.5. The van der Waals surface area contributed by atoms with Crippen molar-refractivity contribution in [3.63, 3.8) is 0 Å². The molecule has 8 nitrogen and oxygen atoms in total. The quantitative estimate of drug-likeness (QED) is 0.457. The molecular formula is C26H28N4O4. The maximum absolute atomic E-state index is 12.5. The van der Waals surface area contributed by atoms with Crippen molar-refractivity contribution in [3.05, 3.63) is 70.9 Å². The van der Waals surface area contributed by atoms with E-state index in [0.29, 0.717) is 23.9 Å². The van der Waals surface area contributed by atoms with Gasteiger partial charge in [-0.15, -0.1) is 5.10 Å². The Balaban J connectivity index is 1.47. The Kier molecular flexibility index (Phi) is 7.43. The number of benzene rings is 2. The minimum absolute atomic E-state index is 0.0454. The maximum atomic E-state index is 12.5. The molecule has 3 aromatic rings. The summed E-state index contributed by atoms with van der Waals surface area (Å²) >= 11 is 0. The third kappa shape index (κ3) is 5.37. The molecule has 8 heteroatoms. The van der Waals surface area contributed by atoms with E-state index < -0.39 is 5.97 Å². The van der Waals surface area contributed by atoms with Crippen LogP contribution in [0.25, 0.3) is 0 Å². The van der Waals surface area contributed by atoms with Crippen LogP contribution in [0.3, 0.4) is 0 Å². The SMILES string of the molecule is CCOC(=O)c1nnn(Cc2ccc(OC)cc2)c1OC1CCC(c2ccc(C#N)cc2)CC1. The summed E-state index contributed by atoms with van der Waals surface area (Å²) in [5, 5.41) is 17.3. The van der Waals surface area contributed by atoms with Crippen LogP contribution < -0.4 is 9.47 Å². The summed E-state index contributed by atoms with van der Waals surface area (Å²) in [7, 11) is 1.63. The standard InChI is InChI=1S/C26H28N4O4/c1-3-33-26(31)24-25(30(29-28-24)17-19-6-12-22(32-2)13-7-19)34-23-14-10-21(11-15-23)20-8-4-18(16-27)5-9-20/h4-9,12-13,21,23H,3,10-11,14-15,17H2,1-2H3. The molecule has 0 unspecified atom stereocenters. The normalized spacial score (nSPS) is 17.6. The van der Waals surface area contributed by atoms with Gasteiger partial charge in [-0.05, 0) is 73.9 Å². The highest BCUT2D eigenvalue weighted by molar-refractivity contribution is 5.89. The van der Waals surface area contributed by atoms with Crippen molar-refractivity contribution in [2.45, 2.75) is 51.2 Å². The van der Waals surface area contributed by atoms with Crippen molar-refractivity contribution < 1.29 is 19.0 Å². The van der Waals surface area contributed by atoms with Gasteiger partial charge in [0.1, 0.15) is 11.9 Å². The molecule has 0 radical (unpaired) electrons. The third-order valence-electron chi connectivity index (χ3n) is 6.11. The summed E-state index contributed by atoms with van der Waals surface area (Å²) in [6.45, 7) is 2.41. The van der Waals surface area contributed by atoms with Crippen molar-refractivity contribution in [1.82, 2.24) is 15.0 Å². The van der Waals surface area contributed by atoms with E-state index in [9.17, 15) is 4.79 Å². The number of esters is 1. The summed E-state index contributed by atoms with van der Waals surface area (Å²) < 4.78 is 18.3. The molecule has 0 spiro atoms. The van der Waals surface area contributed by atoms with Gasteiger partial charge in [-0.1, -0.05) is 29.5 Å². The molecule has 4 rings (SSSR count). The van der Waals surface area contributed by atoms with Crippen LogP contribution in [0.1, 0.15) is 65.7 Å². The number of carbonyl (C=O) groups is 1. The average molecular weight is 461 g/mol. The highest BCUT2D eigenvalue weighted by Gasteiger charge is 2.29. The molecule has 1 aromatic heterocycles.